The van der Waals surface area contributed by atoms with Gasteiger partial charge in [0.2, 0.25) is 23.6 Å². The highest BCUT2D eigenvalue weighted by molar-refractivity contribution is 5.92. The SMILES string of the molecule is [2H]N(C(=O)[C@@H](C)O[C@H]1[C@H](O)[C@@H](COC(=O)C[C@@H](CCCCCCCCCCCCC)OC(=O)CCCCCCCCCCC)OC[C@@H]1NC(C)=O)[C@@H](C)C(=O)N[C@@H](CCC(=O)O)C(N)=O. The fourth-order valence-electron chi connectivity index (χ4n) is 7.55. The Balaban J connectivity index is 2.87. The number of carboxylic acid groups (broad SMARTS) is 1. The zero-order valence-electron chi connectivity index (χ0n) is 40.6. The maximum atomic E-state index is 13.3. The predicted molar refractivity (Wildman–Crippen MR) is 242 cm³/mol. The van der Waals surface area contributed by atoms with Gasteiger partial charge in [-0.15, -0.1) is 0 Å². The van der Waals surface area contributed by atoms with Gasteiger partial charge in [0, 0.05) is 19.8 Å². The molecule has 8 atom stereocenters. The first kappa shape index (κ1) is 56.3. The molecule has 0 aromatic carbocycles. The number of nitrogens with one attached hydrogen (secondary N) is 3. The number of unbranched alkanes of at least 4 members (excludes halogenated alkanes) is 18. The maximum absolute atomic E-state index is 13.3. The molecule has 1 saturated heterocycles. The summed E-state index contributed by atoms with van der Waals surface area (Å²) in [6.45, 7) is 7.52. The van der Waals surface area contributed by atoms with Gasteiger partial charge in [0.05, 0.1) is 19.1 Å². The Kier molecular flexibility index (Phi) is 31.2. The number of aliphatic hydroxyl groups excluding tert-OH is 1. The highest BCUT2D eigenvalue weighted by Crippen LogP contribution is 2.22. The predicted octanol–water partition coefficient (Wildman–Crippen LogP) is 5.83. The largest absolute Gasteiger partial charge is 0.481 e. The van der Waals surface area contributed by atoms with Crippen molar-refractivity contribution in [3.8, 4) is 0 Å². The number of amides is 4. The Morgan fingerprint density at radius 2 is 1.28 bits per heavy atom. The molecule has 0 bridgehead atoms. The van der Waals surface area contributed by atoms with Gasteiger partial charge < -0.3 is 50.8 Å². The molecular weight excluding hydrogens is 829 g/mol. The lowest BCUT2D eigenvalue weighted by Crippen LogP contribution is -2.62. The molecule has 1 heterocycles. The molecule has 7 N–H and O–H groups in total. The van der Waals surface area contributed by atoms with Crippen LogP contribution in [0.2, 0.25) is 1.41 Å². The van der Waals surface area contributed by atoms with Crippen molar-refractivity contribution in [2.24, 2.45) is 5.73 Å². The summed E-state index contributed by atoms with van der Waals surface area (Å²) in [7, 11) is 0. The summed E-state index contributed by atoms with van der Waals surface area (Å²) in [5.74, 6) is -5.68. The van der Waals surface area contributed by atoms with Gasteiger partial charge in [0.15, 0.2) is 1.41 Å². The molecule has 1 rings (SSSR count). The number of aliphatic carboxylic acids is 1. The average Bonchev–Trinajstić information content (AvgIpc) is 3.25. The normalized spacial score (nSPS) is 19.3. The van der Waals surface area contributed by atoms with Crippen molar-refractivity contribution in [1.82, 2.24) is 15.9 Å². The molecule has 0 unspecified atom stereocenters. The van der Waals surface area contributed by atoms with E-state index in [2.05, 4.69) is 24.5 Å². The quantitative estimate of drug-likeness (QED) is 0.0315. The van der Waals surface area contributed by atoms with Crippen molar-refractivity contribution in [2.45, 2.75) is 244 Å². The van der Waals surface area contributed by atoms with Crippen LogP contribution in [0, 0.1) is 0 Å². The molecule has 1 fully saturated rings. The minimum atomic E-state index is -1.55. The van der Waals surface area contributed by atoms with Crippen LogP contribution in [0.3, 0.4) is 0 Å². The zero-order chi connectivity index (χ0) is 48.6. The van der Waals surface area contributed by atoms with Crippen LogP contribution in [0.1, 0.15) is 195 Å². The third-order valence-corrected chi connectivity index (χ3v) is 11.4. The van der Waals surface area contributed by atoms with Gasteiger partial charge in [0.25, 0.3) is 0 Å². The van der Waals surface area contributed by atoms with Gasteiger partial charge in [-0.3, -0.25) is 33.6 Å². The van der Waals surface area contributed by atoms with Crippen molar-refractivity contribution in [3.05, 3.63) is 0 Å². The summed E-state index contributed by atoms with van der Waals surface area (Å²) in [6, 6.07) is -3.80. The van der Waals surface area contributed by atoms with E-state index < -0.39 is 97.2 Å². The van der Waals surface area contributed by atoms with Crippen LogP contribution in [-0.2, 0) is 52.5 Å². The summed E-state index contributed by atoms with van der Waals surface area (Å²) in [5.41, 5.74) is 5.29. The summed E-state index contributed by atoms with van der Waals surface area (Å²) in [5, 5.41) is 25.5. The van der Waals surface area contributed by atoms with Gasteiger partial charge >= 0.3 is 17.9 Å². The van der Waals surface area contributed by atoms with Crippen molar-refractivity contribution in [1.29, 1.82) is 0 Å². The highest BCUT2D eigenvalue weighted by Gasteiger charge is 2.43. The molecule has 0 aromatic rings. The first-order chi connectivity index (χ1) is 31.0. The molecule has 0 aromatic heterocycles. The summed E-state index contributed by atoms with van der Waals surface area (Å²) >= 11 is 0. The van der Waals surface area contributed by atoms with Crippen LogP contribution in [0.5, 0.6) is 0 Å². The molecule has 17 nitrogen and oxygen atoms in total. The van der Waals surface area contributed by atoms with E-state index in [1.54, 1.807) is 0 Å². The lowest BCUT2D eigenvalue weighted by atomic mass is 9.97. The fraction of sp³-hybridized carbons (Fsp3) is 0.851. The number of hydrogen-bond donors (Lipinski definition) is 6. The van der Waals surface area contributed by atoms with E-state index in [0.717, 1.165) is 51.4 Å². The van der Waals surface area contributed by atoms with Crippen LogP contribution in [0.15, 0.2) is 0 Å². The van der Waals surface area contributed by atoms with Gasteiger partial charge in [-0.2, -0.15) is 0 Å². The number of primary amides is 1. The molecule has 0 aliphatic carbocycles. The number of nitrogens with two attached hydrogens (primary N) is 1. The van der Waals surface area contributed by atoms with Gasteiger partial charge in [-0.25, -0.2) is 0 Å². The number of rotatable bonds is 38. The first-order valence-corrected chi connectivity index (χ1v) is 24.2. The monoisotopic (exact) mass is 914 g/mol. The standard InChI is InChI=1S/C47H84N4O13/c1-6-8-10-12-14-16-17-19-20-22-24-26-36(64-41(55)27-25-23-21-18-15-13-11-9-7-2)30-42(56)62-32-39-43(57)44(38(31-61-39)50-35(5)52)63-34(4)47(60)49-33(3)46(59)51-37(45(48)58)28-29-40(53)54/h33-34,36-39,43-44,57H,6-32H2,1-5H3,(H2,48,58)(H,49,60)(H,50,52)(H,51,59)(H,53,54)/t33-,34+,36+,37-,38-,39+,43+,44+/m0/s1/i/hD. The van der Waals surface area contributed by atoms with Crippen molar-refractivity contribution in [3.63, 3.8) is 0 Å². The Morgan fingerprint density at radius 1 is 0.750 bits per heavy atom. The second-order valence-electron chi connectivity index (χ2n) is 17.4. The third kappa shape index (κ3) is 27.5. The summed E-state index contributed by atoms with van der Waals surface area (Å²) in [4.78, 5) is 87.1. The van der Waals surface area contributed by atoms with Crippen LogP contribution in [-0.4, -0.2) is 114 Å². The van der Waals surface area contributed by atoms with Crippen molar-refractivity contribution >= 4 is 41.5 Å². The number of hydrogen-bond acceptors (Lipinski definition) is 12. The number of carbonyl (C=O) groups is 7. The van der Waals surface area contributed by atoms with Gasteiger partial charge in [-0.1, -0.05) is 129 Å². The lowest BCUT2D eigenvalue weighted by molar-refractivity contribution is -0.198. The number of carboxylic acids is 1. The smallest absolute Gasteiger partial charge is 0.309 e. The molecule has 1 aliphatic rings. The van der Waals surface area contributed by atoms with E-state index in [4.69, 9.17) is 31.2 Å². The molecule has 0 spiro atoms. The average molecular weight is 914 g/mol. The second-order valence-corrected chi connectivity index (χ2v) is 17.4. The lowest BCUT2D eigenvalue weighted by Gasteiger charge is -2.41. The third-order valence-electron chi connectivity index (χ3n) is 11.4. The molecule has 1 aliphatic heterocycles. The molecule has 64 heavy (non-hydrogen) atoms. The molecule has 4 amide bonds. The first-order valence-electron chi connectivity index (χ1n) is 24.7. The van der Waals surface area contributed by atoms with E-state index in [1.807, 2.05) is 0 Å². The molecule has 17 heteroatoms. The van der Waals surface area contributed by atoms with Gasteiger partial charge in [-0.05, 0) is 39.5 Å². The second kappa shape index (κ2) is 35.4. The maximum Gasteiger partial charge on any atom is 0.309 e. The number of esters is 2. The van der Waals surface area contributed by atoms with E-state index in [1.165, 1.54) is 97.8 Å². The Bertz CT molecular complexity index is 1410. The molecule has 370 valence electrons. The van der Waals surface area contributed by atoms with Crippen molar-refractivity contribution in [2.75, 3.05) is 13.2 Å². The fourth-order valence-corrected chi connectivity index (χ4v) is 7.55. The summed E-state index contributed by atoms with van der Waals surface area (Å²) < 4.78 is 31.4. The number of ether oxygens (including phenoxy) is 4. The van der Waals surface area contributed by atoms with Crippen LogP contribution in [0.4, 0.5) is 0 Å². The Labute approximate surface area is 383 Å². The van der Waals surface area contributed by atoms with E-state index in [9.17, 15) is 38.7 Å². The molecular formula is C47H84N4O13. The Hall–Kier alpha value is -3.83. The molecule has 0 radical (unpaired) electrons. The van der Waals surface area contributed by atoms with E-state index in [0.29, 0.717) is 11.7 Å². The topological polar surface area (TPSA) is 259 Å². The van der Waals surface area contributed by atoms with Gasteiger partial charge in [0.1, 0.15) is 49.2 Å². The van der Waals surface area contributed by atoms with Crippen LogP contribution < -0.4 is 21.7 Å². The highest BCUT2D eigenvalue weighted by atomic mass is 16.6. The Morgan fingerprint density at radius 3 is 1.80 bits per heavy atom. The summed E-state index contributed by atoms with van der Waals surface area (Å²) in [6.07, 6.45) is 16.5. The number of aliphatic hydroxyl groups is 1. The minimum absolute atomic E-state index is 0.186. The van der Waals surface area contributed by atoms with Crippen LogP contribution in [0.25, 0.3) is 0 Å². The minimum Gasteiger partial charge on any atom is -0.481 e. The van der Waals surface area contributed by atoms with E-state index >= 15 is 0 Å². The number of carbonyl (C=O) groups excluding carboxylic acids is 6. The van der Waals surface area contributed by atoms with Crippen molar-refractivity contribution < 1.29 is 64.1 Å². The van der Waals surface area contributed by atoms with E-state index in [-0.39, 0.29) is 31.8 Å². The molecule has 0 saturated carbocycles. The zero-order valence-corrected chi connectivity index (χ0v) is 39.6. The van der Waals surface area contributed by atoms with Crippen LogP contribution >= 0.6 is 0 Å².